The fourth-order valence-electron chi connectivity index (χ4n) is 2.22. The van der Waals surface area contributed by atoms with Gasteiger partial charge < -0.3 is 10.6 Å². The van der Waals surface area contributed by atoms with E-state index in [1.54, 1.807) is 11.3 Å². The molecule has 1 aliphatic carbocycles. The van der Waals surface area contributed by atoms with E-state index in [2.05, 4.69) is 32.8 Å². The van der Waals surface area contributed by atoms with E-state index < -0.39 is 0 Å². The molecule has 0 radical (unpaired) electrons. The zero-order valence-electron chi connectivity index (χ0n) is 10.2. The lowest BCUT2D eigenvalue weighted by Gasteiger charge is -2.26. The minimum atomic E-state index is 0.503. The zero-order chi connectivity index (χ0) is 12.4. The van der Waals surface area contributed by atoms with Gasteiger partial charge in [-0.15, -0.1) is 0 Å². The summed E-state index contributed by atoms with van der Waals surface area (Å²) in [5.41, 5.74) is 9.37. The quantitative estimate of drug-likeness (QED) is 0.897. The molecule has 2 heterocycles. The van der Waals surface area contributed by atoms with Crippen LogP contribution in [-0.4, -0.2) is 11.0 Å². The molecule has 0 bridgehead atoms. The molecule has 3 rings (SSSR count). The summed E-state index contributed by atoms with van der Waals surface area (Å²) in [4.78, 5) is 6.85. The first-order valence-electron chi connectivity index (χ1n) is 6.30. The van der Waals surface area contributed by atoms with E-state index in [4.69, 9.17) is 5.73 Å². The Morgan fingerprint density at radius 3 is 2.94 bits per heavy atom. The summed E-state index contributed by atoms with van der Waals surface area (Å²) >= 11 is 1.75. The van der Waals surface area contributed by atoms with Gasteiger partial charge in [0, 0.05) is 25.3 Å². The van der Waals surface area contributed by atoms with Crippen LogP contribution in [0, 0.1) is 0 Å². The number of rotatable bonds is 5. The molecule has 0 saturated heterocycles. The lowest BCUT2D eigenvalue weighted by Crippen LogP contribution is -2.26. The summed E-state index contributed by atoms with van der Waals surface area (Å²) in [5.74, 6) is 0. The molecule has 2 N–H and O–H groups in total. The van der Waals surface area contributed by atoms with Crippen LogP contribution in [0.5, 0.6) is 0 Å². The second-order valence-electron chi connectivity index (χ2n) is 4.66. The van der Waals surface area contributed by atoms with Crippen LogP contribution in [0.25, 0.3) is 0 Å². The summed E-state index contributed by atoms with van der Waals surface area (Å²) < 4.78 is 0. The first-order chi connectivity index (χ1) is 8.88. The van der Waals surface area contributed by atoms with Crippen molar-refractivity contribution in [2.75, 3.05) is 4.90 Å². The van der Waals surface area contributed by atoms with Crippen LogP contribution in [0.3, 0.4) is 0 Å². The highest BCUT2D eigenvalue weighted by Gasteiger charge is 2.30. The predicted octanol–water partition coefficient (Wildman–Crippen LogP) is 2.77. The molecule has 3 nitrogen and oxygen atoms in total. The van der Waals surface area contributed by atoms with Crippen LogP contribution in [0.2, 0.25) is 0 Å². The second kappa shape index (κ2) is 5.08. The van der Waals surface area contributed by atoms with Gasteiger partial charge in [-0.25, -0.2) is 0 Å². The monoisotopic (exact) mass is 259 g/mol. The fourth-order valence-corrected chi connectivity index (χ4v) is 2.88. The van der Waals surface area contributed by atoms with Crippen LogP contribution in [0.15, 0.2) is 35.2 Å². The molecule has 2 aromatic heterocycles. The van der Waals surface area contributed by atoms with Crippen molar-refractivity contribution < 1.29 is 0 Å². The third kappa shape index (κ3) is 2.40. The summed E-state index contributed by atoms with van der Waals surface area (Å²) in [7, 11) is 0. The molecule has 1 saturated carbocycles. The number of hydrogen-bond donors (Lipinski definition) is 1. The molecule has 0 aromatic carbocycles. The Morgan fingerprint density at radius 1 is 1.39 bits per heavy atom. The highest BCUT2D eigenvalue weighted by molar-refractivity contribution is 7.07. The molecule has 1 fully saturated rings. The van der Waals surface area contributed by atoms with Gasteiger partial charge in [-0.05, 0) is 47.4 Å². The lowest BCUT2D eigenvalue weighted by molar-refractivity contribution is 0.780. The minimum absolute atomic E-state index is 0.503. The maximum atomic E-state index is 5.80. The molecule has 0 unspecified atom stereocenters. The topological polar surface area (TPSA) is 42.1 Å². The van der Waals surface area contributed by atoms with Gasteiger partial charge in [0.1, 0.15) is 0 Å². The fraction of sp³-hybridized carbons (Fsp3) is 0.357. The third-order valence-electron chi connectivity index (χ3n) is 3.29. The number of pyridine rings is 1. The van der Waals surface area contributed by atoms with Crippen molar-refractivity contribution in [3.05, 3.63) is 46.4 Å². The Bertz CT molecular complexity index is 506. The molecule has 0 atom stereocenters. The predicted molar refractivity (Wildman–Crippen MR) is 75.7 cm³/mol. The van der Waals surface area contributed by atoms with Crippen molar-refractivity contribution in [1.29, 1.82) is 0 Å². The third-order valence-corrected chi connectivity index (χ3v) is 4.02. The van der Waals surface area contributed by atoms with Gasteiger partial charge in [-0.3, -0.25) is 4.98 Å². The van der Waals surface area contributed by atoms with E-state index >= 15 is 0 Å². The molecule has 4 heteroatoms. The Kier molecular flexibility index (Phi) is 3.30. The van der Waals surface area contributed by atoms with Gasteiger partial charge in [0.2, 0.25) is 0 Å². The molecule has 18 heavy (non-hydrogen) atoms. The maximum absolute atomic E-state index is 5.80. The van der Waals surface area contributed by atoms with Crippen molar-refractivity contribution in [2.45, 2.75) is 32.0 Å². The summed E-state index contributed by atoms with van der Waals surface area (Å²) in [6, 6.07) is 7.00. The van der Waals surface area contributed by atoms with E-state index in [9.17, 15) is 0 Å². The Balaban J connectivity index is 1.89. The summed E-state index contributed by atoms with van der Waals surface area (Å²) in [5, 5.41) is 4.35. The van der Waals surface area contributed by atoms with Crippen LogP contribution in [-0.2, 0) is 13.1 Å². The second-order valence-corrected chi connectivity index (χ2v) is 5.44. The molecule has 94 valence electrons. The van der Waals surface area contributed by atoms with Crippen molar-refractivity contribution in [3.63, 3.8) is 0 Å². The van der Waals surface area contributed by atoms with Gasteiger partial charge in [0.05, 0.1) is 11.4 Å². The smallest absolute Gasteiger partial charge is 0.0772 e. The maximum Gasteiger partial charge on any atom is 0.0772 e. The van der Waals surface area contributed by atoms with E-state index in [1.165, 1.54) is 24.1 Å². The number of nitrogens with two attached hydrogens (primary N) is 1. The van der Waals surface area contributed by atoms with Crippen molar-refractivity contribution >= 4 is 17.0 Å². The Hall–Kier alpha value is -1.39. The average Bonchev–Trinajstić information content (AvgIpc) is 3.13. The number of thiophene rings is 1. The molecule has 0 spiro atoms. The molecule has 2 aromatic rings. The number of hydrogen-bond acceptors (Lipinski definition) is 4. The highest BCUT2D eigenvalue weighted by atomic mass is 32.1. The molecular weight excluding hydrogens is 242 g/mol. The summed E-state index contributed by atoms with van der Waals surface area (Å²) in [6.45, 7) is 1.47. The van der Waals surface area contributed by atoms with E-state index in [-0.39, 0.29) is 0 Å². The van der Waals surface area contributed by atoms with Gasteiger partial charge in [-0.1, -0.05) is 0 Å². The summed E-state index contributed by atoms with van der Waals surface area (Å²) in [6.07, 6.45) is 4.38. The normalized spacial score (nSPS) is 14.7. The van der Waals surface area contributed by atoms with Gasteiger partial charge >= 0.3 is 0 Å². The van der Waals surface area contributed by atoms with Gasteiger partial charge in [0.15, 0.2) is 0 Å². The van der Waals surface area contributed by atoms with Crippen LogP contribution in [0.1, 0.15) is 24.1 Å². The lowest BCUT2D eigenvalue weighted by atomic mass is 10.2. The van der Waals surface area contributed by atoms with Crippen molar-refractivity contribution in [3.8, 4) is 0 Å². The largest absolute Gasteiger partial charge is 0.363 e. The minimum Gasteiger partial charge on any atom is -0.363 e. The first kappa shape index (κ1) is 11.7. The van der Waals surface area contributed by atoms with Crippen molar-refractivity contribution in [2.24, 2.45) is 5.73 Å². The average molecular weight is 259 g/mol. The van der Waals surface area contributed by atoms with E-state index in [0.717, 1.165) is 12.2 Å². The zero-order valence-corrected chi connectivity index (χ0v) is 11.1. The number of aromatic nitrogens is 1. The number of nitrogens with zero attached hydrogens (tertiary/aromatic N) is 2. The van der Waals surface area contributed by atoms with Gasteiger partial charge in [0.25, 0.3) is 0 Å². The standard InChI is InChI=1S/C14H17N3S/c15-8-13-14(2-1-6-16-13)17(12-3-4-12)9-11-5-7-18-10-11/h1-2,5-7,10,12H,3-4,8-9,15H2. The Morgan fingerprint density at radius 2 is 2.28 bits per heavy atom. The molecule has 1 aliphatic rings. The number of anilines is 1. The SMILES string of the molecule is NCc1ncccc1N(Cc1ccsc1)C1CC1. The van der Waals surface area contributed by atoms with Crippen LogP contribution >= 0.6 is 11.3 Å². The van der Waals surface area contributed by atoms with E-state index in [1.807, 2.05) is 12.3 Å². The highest BCUT2D eigenvalue weighted by Crippen LogP contribution is 2.34. The molecular formula is C14H17N3S. The first-order valence-corrected chi connectivity index (χ1v) is 7.24. The van der Waals surface area contributed by atoms with Crippen molar-refractivity contribution in [1.82, 2.24) is 4.98 Å². The van der Waals surface area contributed by atoms with Crippen LogP contribution in [0.4, 0.5) is 5.69 Å². The van der Waals surface area contributed by atoms with E-state index in [0.29, 0.717) is 12.6 Å². The van der Waals surface area contributed by atoms with Crippen LogP contribution < -0.4 is 10.6 Å². The molecule has 0 amide bonds. The molecule has 0 aliphatic heterocycles. The Labute approximate surface area is 111 Å². The van der Waals surface area contributed by atoms with Gasteiger partial charge in [-0.2, -0.15) is 11.3 Å².